The van der Waals surface area contributed by atoms with Crippen LogP contribution >= 0.6 is 15.9 Å². The molecule has 4 rings (SSSR count). The van der Waals surface area contributed by atoms with Gasteiger partial charge in [-0.15, -0.1) is 0 Å². The number of amides is 4. The van der Waals surface area contributed by atoms with Crippen molar-refractivity contribution in [2.24, 2.45) is 0 Å². The lowest BCUT2D eigenvalue weighted by Crippen LogP contribution is -2.53. The molecule has 0 unspecified atom stereocenters. The van der Waals surface area contributed by atoms with Crippen molar-refractivity contribution in [2.75, 3.05) is 7.11 Å². The summed E-state index contributed by atoms with van der Waals surface area (Å²) in [7, 11) is 1.46. The van der Waals surface area contributed by atoms with Gasteiger partial charge in [0.15, 0.2) is 11.5 Å². The zero-order valence-electron chi connectivity index (χ0n) is 18.4. The molecule has 0 radical (unpaired) electrons. The monoisotopic (exact) mass is 535 g/mol. The maximum absolute atomic E-state index is 13.0. The van der Waals surface area contributed by atoms with Gasteiger partial charge in [-0.2, -0.15) is 5.26 Å². The summed E-state index contributed by atoms with van der Waals surface area (Å²) in [6.45, 7) is 0.0153. The number of nitrogens with zero attached hydrogens (tertiary/aromatic N) is 2. The van der Waals surface area contributed by atoms with Crippen LogP contribution in [0.4, 0.5) is 4.79 Å². The van der Waals surface area contributed by atoms with E-state index in [9.17, 15) is 19.6 Å². The Kier molecular flexibility index (Phi) is 6.98. The number of methoxy groups -OCH3 is 1. The highest BCUT2D eigenvalue weighted by Crippen LogP contribution is 2.35. The number of furan rings is 1. The van der Waals surface area contributed by atoms with Crippen molar-refractivity contribution in [3.63, 3.8) is 0 Å². The Morgan fingerprint density at radius 2 is 1.94 bits per heavy atom. The van der Waals surface area contributed by atoms with Crippen LogP contribution in [0.3, 0.4) is 0 Å². The number of carbonyl (C=O) groups is 3. The molecule has 9 nitrogen and oxygen atoms in total. The lowest BCUT2D eigenvalue weighted by atomic mass is 10.1. The number of imide groups is 2. The minimum atomic E-state index is -0.827. The molecule has 1 aliphatic heterocycles. The zero-order valence-corrected chi connectivity index (χ0v) is 20.0. The number of urea groups is 1. The van der Waals surface area contributed by atoms with Gasteiger partial charge in [0, 0.05) is 10.0 Å². The molecule has 0 bridgehead atoms. The third-order valence-corrected chi connectivity index (χ3v) is 5.87. The molecule has 176 valence electrons. The van der Waals surface area contributed by atoms with Crippen molar-refractivity contribution in [2.45, 2.75) is 13.2 Å². The number of barbiturate groups is 1. The molecule has 2 aromatic carbocycles. The maximum Gasteiger partial charge on any atom is 0.331 e. The lowest BCUT2D eigenvalue weighted by molar-refractivity contribution is -0.130. The van der Waals surface area contributed by atoms with E-state index in [4.69, 9.17) is 13.9 Å². The Morgan fingerprint density at radius 1 is 1.14 bits per heavy atom. The zero-order chi connectivity index (χ0) is 24.9. The minimum Gasteiger partial charge on any atom is -0.493 e. The van der Waals surface area contributed by atoms with E-state index in [2.05, 4.69) is 27.3 Å². The smallest absolute Gasteiger partial charge is 0.331 e. The van der Waals surface area contributed by atoms with Gasteiger partial charge in [0.2, 0.25) is 0 Å². The summed E-state index contributed by atoms with van der Waals surface area (Å²) in [5.41, 5.74) is 1.44. The molecule has 1 aliphatic rings. The molecule has 1 aromatic heterocycles. The van der Waals surface area contributed by atoms with Crippen molar-refractivity contribution in [3.05, 3.63) is 87.3 Å². The van der Waals surface area contributed by atoms with Gasteiger partial charge in [0.05, 0.1) is 31.6 Å². The Balaban J connectivity index is 1.61. The molecule has 1 saturated heterocycles. The van der Waals surface area contributed by atoms with Gasteiger partial charge < -0.3 is 13.9 Å². The fourth-order valence-corrected chi connectivity index (χ4v) is 3.83. The van der Waals surface area contributed by atoms with Gasteiger partial charge in [0.25, 0.3) is 11.8 Å². The predicted octanol–water partition coefficient (Wildman–Crippen LogP) is 4.16. The van der Waals surface area contributed by atoms with Crippen LogP contribution in [0.25, 0.3) is 6.08 Å². The third-order valence-electron chi connectivity index (χ3n) is 5.18. The van der Waals surface area contributed by atoms with E-state index >= 15 is 0 Å². The van der Waals surface area contributed by atoms with Crippen LogP contribution in [-0.2, 0) is 22.7 Å². The topological polar surface area (TPSA) is 122 Å². The van der Waals surface area contributed by atoms with Crippen molar-refractivity contribution >= 4 is 39.9 Å². The molecule has 1 fully saturated rings. The summed E-state index contributed by atoms with van der Waals surface area (Å²) in [5.74, 6) is -0.432. The normalized spacial score (nSPS) is 14.6. The van der Waals surface area contributed by atoms with Crippen LogP contribution < -0.4 is 14.8 Å². The van der Waals surface area contributed by atoms with Gasteiger partial charge in [0.1, 0.15) is 17.9 Å². The van der Waals surface area contributed by atoms with E-state index in [1.807, 2.05) is 6.07 Å². The highest BCUT2D eigenvalue weighted by molar-refractivity contribution is 9.10. The summed E-state index contributed by atoms with van der Waals surface area (Å²) >= 11 is 3.44. The summed E-state index contributed by atoms with van der Waals surface area (Å²) in [6, 6.07) is 14.9. The average molecular weight is 536 g/mol. The predicted molar refractivity (Wildman–Crippen MR) is 127 cm³/mol. The SMILES string of the molecule is COc1cc(/C=C2\C(=O)NC(=O)N(Cc3ccco3)C2=O)c(Br)cc1OCc1ccccc1C#N. The van der Waals surface area contributed by atoms with E-state index in [0.29, 0.717) is 38.4 Å². The summed E-state index contributed by atoms with van der Waals surface area (Å²) in [5, 5.41) is 11.4. The van der Waals surface area contributed by atoms with Crippen molar-refractivity contribution in [1.29, 1.82) is 5.26 Å². The first-order valence-electron chi connectivity index (χ1n) is 10.3. The number of benzene rings is 2. The van der Waals surface area contributed by atoms with Gasteiger partial charge in [-0.1, -0.05) is 34.1 Å². The molecular formula is C25H18BrN3O6. The molecule has 0 spiro atoms. The molecule has 3 aromatic rings. The number of carbonyl (C=O) groups excluding carboxylic acids is 3. The second-order valence-corrected chi connectivity index (χ2v) is 8.22. The molecule has 2 heterocycles. The van der Waals surface area contributed by atoms with E-state index in [0.717, 1.165) is 4.90 Å². The first-order chi connectivity index (χ1) is 16.9. The van der Waals surface area contributed by atoms with Crippen LogP contribution in [0.15, 0.2) is 69.3 Å². The van der Waals surface area contributed by atoms with Crippen molar-refractivity contribution < 1.29 is 28.3 Å². The Morgan fingerprint density at radius 3 is 2.66 bits per heavy atom. The van der Waals surface area contributed by atoms with Gasteiger partial charge in [-0.3, -0.25) is 19.8 Å². The van der Waals surface area contributed by atoms with Gasteiger partial charge in [-0.25, -0.2) is 4.79 Å². The number of nitriles is 1. The quantitative estimate of drug-likeness (QED) is 0.356. The van der Waals surface area contributed by atoms with Crippen LogP contribution in [0, 0.1) is 11.3 Å². The van der Waals surface area contributed by atoms with Crippen LogP contribution in [-0.4, -0.2) is 29.9 Å². The number of ether oxygens (including phenoxy) is 2. The Labute approximate surface area is 208 Å². The molecular weight excluding hydrogens is 518 g/mol. The summed E-state index contributed by atoms with van der Waals surface area (Å²) in [4.78, 5) is 38.5. The lowest BCUT2D eigenvalue weighted by Gasteiger charge is -2.25. The molecule has 35 heavy (non-hydrogen) atoms. The van der Waals surface area contributed by atoms with Crippen molar-refractivity contribution in [1.82, 2.24) is 10.2 Å². The number of hydrogen-bond acceptors (Lipinski definition) is 7. The molecule has 0 saturated carbocycles. The highest BCUT2D eigenvalue weighted by atomic mass is 79.9. The second kappa shape index (κ2) is 10.3. The standard InChI is InChI=1S/C25H18BrN3O6/c1-33-21-10-17(20(26)11-22(21)35-14-16-6-3-2-5-15(16)12-27)9-19-23(30)28-25(32)29(24(19)31)13-18-7-4-8-34-18/h2-11H,13-14H2,1H3,(H,28,30,32)/b19-9+. The van der Waals surface area contributed by atoms with Crippen LogP contribution in [0.5, 0.6) is 11.5 Å². The van der Waals surface area contributed by atoms with E-state index in [1.165, 1.54) is 19.4 Å². The largest absolute Gasteiger partial charge is 0.493 e. The van der Waals surface area contributed by atoms with E-state index in [1.54, 1.807) is 42.5 Å². The average Bonchev–Trinajstić information content (AvgIpc) is 3.37. The number of halogens is 1. The maximum atomic E-state index is 13.0. The minimum absolute atomic E-state index is 0.121. The number of rotatable bonds is 7. The summed E-state index contributed by atoms with van der Waals surface area (Å²) < 4.78 is 17.0. The molecule has 4 amide bonds. The van der Waals surface area contributed by atoms with E-state index < -0.39 is 17.8 Å². The fourth-order valence-electron chi connectivity index (χ4n) is 3.40. The molecule has 0 atom stereocenters. The van der Waals surface area contributed by atoms with Gasteiger partial charge >= 0.3 is 6.03 Å². The van der Waals surface area contributed by atoms with Crippen molar-refractivity contribution in [3.8, 4) is 17.6 Å². The molecule has 1 N–H and O–H groups in total. The first-order valence-corrected chi connectivity index (χ1v) is 11.1. The molecule has 10 heteroatoms. The number of nitrogens with one attached hydrogen (secondary N) is 1. The fraction of sp³-hybridized carbons (Fsp3) is 0.120. The second-order valence-electron chi connectivity index (χ2n) is 7.37. The van der Waals surface area contributed by atoms with E-state index in [-0.39, 0.29) is 18.7 Å². The Hall–Kier alpha value is -4.36. The third kappa shape index (κ3) is 5.10. The summed E-state index contributed by atoms with van der Waals surface area (Å²) in [6.07, 6.45) is 2.79. The van der Waals surface area contributed by atoms with Crippen LogP contribution in [0.1, 0.15) is 22.5 Å². The van der Waals surface area contributed by atoms with Gasteiger partial charge in [-0.05, 0) is 42.0 Å². The molecule has 0 aliphatic carbocycles. The Bertz CT molecular complexity index is 1370. The van der Waals surface area contributed by atoms with Crippen LogP contribution in [0.2, 0.25) is 0 Å². The first kappa shape index (κ1) is 23.8. The highest BCUT2D eigenvalue weighted by Gasteiger charge is 2.36. The number of hydrogen-bond donors (Lipinski definition) is 1.